The van der Waals surface area contributed by atoms with E-state index in [1.807, 2.05) is 11.6 Å². The molecule has 3 heterocycles. The Labute approximate surface area is 152 Å². The van der Waals surface area contributed by atoms with Crippen LogP contribution in [-0.2, 0) is 11.3 Å². The van der Waals surface area contributed by atoms with Crippen LogP contribution >= 0.6 is 11.3 Å². The molecule has 2 aromatic heterocycles. The lowest BCUT2D eigenvalue weighted by Crippen LogP contribution is -2.49. The Balaban J connectivity index is 1.38. The van der Waals surface area contributed by atoms with Crippen molar-refractivity contribution in [3.8, 4) is 0 Å². The monoisotopic (exact) mass is 362 g/mol. The number of hydrogen-bond acceptors (Lipinski definition) is 6. The second-order valence-corrected chi connectivity index (χ2v) is 7.53. The van der Waals surface area contributed by atoms with E-state index in [1.54, 1.807) is 6.20 Å². The standard InChI is InChI=1S/C17H26N6OS/c1-14(2)16-18-3-5-23(16)11-10-21-6-8-22(9-7-21)13-15(24)20-17-19-4-12-25-17/h3-5,12,14H,6-11,13H2,1-2H3,(H,19,20,24). The first-order chi connectivity index (χ1) is 12.1. The van der Waals surface area contributed by atoms with Crippen molar-refractivity contribution in [2.24, 2.45) is 0 Å². The van der Waals surface area contributed by atoms with Gasteiger partial charge in [-0.2, -0.15) is 0 Å². The topological polar surface area (TPSA) is 66.3 Å². The first-order valence-corrected chi connectivity index (χ1v) is 9.65. The number of hydrogen-bond donors (Lipinski definition) is 1. The molecule has 1 fully saturated rings. The zero-order valence-corrected chi connectivity index (χ0v) is 15.7. The highest BCUT2D eigenvalue weighted by Crippen LogP contribution is 2.12. The fraction of sp³-hybridized carbons (Fsp3) is 0.588. The van der Waals surface area contributed by atoms with Crippen LogP contribution in [0.25, 0.3) is 0 Å². The van der Waals surface area contributed by atoms with E-state index in [1.165, 1.54) is 11.3 Å². The molecule has 0 unspecified atom stereocenters. The summed E-state index contributed by atoms with van der Waals surface area (Å²) in [5.41, 5.74) is 0. The molecular formula is C17H26N6OS. The molecule has 8 heteroatoms. The molecule has 1 aliphatic heterocycles. The van der Waals surface area contributed by atoms with Gasteiger partial charge in [-0.15, -0.1) is 11.3 Å². The Hall–Kier alpha value is -1.77. The van der Waals surface area contributed by atoms with Gasteiger partial charge in [-0.25, -0.2) is 9.97 Å². The largest absolute Gasteiger partial charge is 0.333 e. The van der Waals surface area contributed by atoms with E-state index in [9.17, 15) is 4.79 Å². The Kier molecular flexibility index (Phi) is 6.17. The molecule has 0 spiro atoms. The number of amides is 1. The smallest absolute Gasteiger partial charge is 0.240 e. The molecule has 1 amide bonds. The van der Waals surface area contributed by atoms with Crippen molar-refractivity contribution < 1.29 is 4.79 Å². The van der Waals surface area contributed by atoms with Crippen LogP contribution < -0.4 is 5.32 Å². The van der Waals surface area contributed by atoms with Crippen LogP contribution in [-0.4, -0.2) is 69.5 Å². The van der Waals surface area contributed by atoms with E-state index in [4.69, 9.17) is 0 Å². The number of thiazole rings is 1. The number of carbonyl (C=O) groups is 1. The molecule has 7 nitrogen and oxygen atoms in total. The predicted octanol–water partition coefficient (Wildman–Crippen LogP) is 1.72. The van der Waals surface area contributed by atoms with Crippen LogP contribution in [0.2, 0.25) is 0 Å². The van der Waals surface area contributed by atoms with E-state index in [0.717, 1.165) is 45.1 Å². The highest BCUT2D eigenvalue weighted by molar-refractivity contribution is 7.13. The van der Waals surface area contributed by atoms with Gasteiger partial charge in [-0.05, 0) is 0 Å². The van der Waals surface area contributed by atoms with Crippen molar-refractivity contribution in [2.75, 3.05) is 44.6 Å². The first-order valence-electron chi connectivity index (χ1n) is 8.77. The van der Waals surface area contributed by atoms with E-state index < -0.39 is 0 Å². The third-order valence-electron chi connectivity index (χ3n) is 4.43. The van der Waals surface area contributed by atoms with Crippen molar-refractivity contribution in [2.45, 2.75) is 26.3 Å². The molecule has 25 heavy (non-hydrogen) atoms. The maximum atomic E-state index is 12.0. The van der Waals surface area contributed by atoms with E-state index in [0.29, 0.717) is 17.6 Å². The normalized spacial score (nSPS) is 16.4. The minimum absolute atomic E-state index is 0.0170. The van der Waals surface area contributed by atoms with Crippen molar-refractivity contribution >= 4 is 22.4 Å². The third-order valence-corrected chi connectivity index (χ3v) is 5.12. The zero-order valence-electron chi connectivity index (χ0n) is 14.9. The number of rotatable bonds is 7. The number of aromatic nitrogens is 3. The molecule has 2 aromatic rings. The number of imidazole rings is 1. The summed E-state index contributed by atoms with van der Waals surface area (Å²) in [5.74, 6) is 1.61. The molecule has 0 atom stereocenters. The summed E-state index contributed by atoms with van der Waals surface area (Å²) in [6, 6.07) is 0. The Morgan fingerprint density at radius 1 is 1.16 bits per heavy atom. The highest BCUT2D eigenvalue weighted by atomic mass is 32.1. The number of nitrogens with one attached hydrogen (secondary N) is 1. The highest BCUT2D eigenvalue weighted by Gasteiger charge is 2.19. The van der Waals surface area contributed by atoms with Crippen LogP contribution in [0.15, 0.2) is 24.0 Å². The number of anilines is 1. The molecule has 0 saturated carbocycles. The Bertz CT molecular complexity index is 660. The number of piperazine rings is 1. The Morgan fingerprint density at radius 3 is 2.60 bits per heavy atom. The maximum Gasteiger partial charge on any atom is 0.240 e. The van der Waals surface area contributed by atoms with E-state index >= 15 is 0 Å². The van der Waals surface area contributed by atoms with Gasteiger partial charge < -0.3 is 9.88 Å². The minimum Gasteiger partial charge on any atom is -0.333 e. The van der Waals surface area contributed by atoms with Gasteiger partial charge in [-0.1, -0.05) is 13.8 Å². The van der Waals surface area contributed by atoms with Crippen LogP contribution in [0.1, 0.15) is 25.6 Å². The average molecular weight is 363 g/mol. The van der Waals surface area contributed by atoms with Crippen LogP contribution in [0.5, 0.6) is 0 Å². The van der Waals surface area contributed by atoms with Gasteiger partial charge in [0.05, 0.1) is 6.54 Å². The second kappa shape index (κ2) is 8.55. The number of carbonyl (C=O) groups excluding carboxylic acids is 1. The van der Waals surface area contributed by atoms with Crippen molar-refractivity contribution in [3.05, 3.63) is 29.8 Å². The summed E-state index contributed by atoms with van der Waals surface area (Å²) in [5, 5.41) is 5.38. The van der Waals surface area contributed by atoms with Crippen LogP contribution in [0.4, 0.5) is 5.13 Å². The summed E-state index contributed by atoms with van der Waals surface area (Å²) in [4.78, 5) is 25.2. The third kappa shape index (κ3) is 5.10. The lowest BCUT2D eigenvalue weighted by molar-refractivity contribution is -0.117. The lowest BCUT2D eigenvalue weighted by Gasteiger charge is -2.34. The van der Waals surface area contributed by atoms with Gasteiger partial charge >= 0.3 is 0 Å². The van der Waals surface area contributed by atoms with Gasteiger partial charge in [0.2, 0.25) is 5.91 Å². The summed E-state index contributed by atoms with van der Waals surface area (Å²) < 4.78 is 2.25. The fourth-order valence-corrected chi connectivity index (χ4v) is 3.62. The van der Waals surface area contributed by atoms with E-state index in [2.05, 4.69) is 49.7 Å². The lowest BCUT2D eigenvalue weighted by atomic mass is 10.2. The van der Waals surface area contributed by atoms with Gasteiger partial charge in [0.25, 0.3) is 0 Å². The van der Waals surface area contributed by atoms with E-state index in [-0.39, 0.29) is 5.91 Å². The molecule has 1 aliphatic rings. The molecule has 0 aliphatic carbocycles. The molecule has 0 bridgehead atoms. The zero-order chi connectivity index (χ0) is 17.6. The fourth-order valence-electron chi connectivity index (χ4n) is 3.08. The molecule has 136 valence electrons. The molecule has 0 radical (unpaired) electrons. The van der Waals surface area contributed by atoms with Gasteiger partial charge in [0.15, 0.2) is 5.13 Å². The van der Waals surface area contributed by atoms with Crippen molar-refractivity contribution in [1.82, 2.24) is 24.3 Å². The van der Waals surface area contributed by atoms with Gasteiger partial charge in [0, 0.05) is 69.2 Å². The second-order valence-electron chi connectivity index (χ2n) is 6.64. The minimum atomic E-state index is 0.0170. The first kappa shape index (κ1) is 18.0. The predicted molar refractivity (Wildman–Crippen MR) is 99.9 cm³/mol. The van der Waals surface area contributed by atoms with Crippen LogP contribution in [0, 0.1) is 0 Å². The Morgan fingerprint density at radius 2 is 1.92 bits per heavy atom. The van der Waals surface area contributed by atoms with Gasteiger partial charge in [0.1, 0.15) is 5.82 Å². The summed E-state index contributed by atoms with van der Waals surface area (Å²) in [7, 11) is 0. The summed E-state index contributed by atoms with van der Waals surface area (Å²) in [6.45, 7) is 10.6. The molecule has 1 saturated heterocycles. The summed E-state index contributed by atoms with van der Waals surface area (Å²) >= 11 is 1.44. The molecule has 0 aromatic carbocycles. The molecular weight excluding hydrogens is 336 g/mol. The molecule has 3 rings (SSSR count). The summed E-state index contributed by atoms with van der Waals surface area (Å²) in [6.07, 6.45) is 5.65. The van der Waals surface area contributed by atoms with Crippen molar-refractivity contribution in [1.29, 1.82) is 0 Å². The van der Waals surface area contributed by atoms with Gasteiger partial charge in [-0.3, -0.25) is 14.6 Å². The number of nitrogens with zero attached hydrogens (tertiary/aromatic N) is 5. The van der Waals surface area contributed by atoms with Crippen molar-refractivity contribution in [3.63, 3.8) is 0 Å². The SMILES string of the molecule is CC(C)c1nccn1CCN1CCN(CC(=O)Nc2nccs2)CC1. The van der Waals surface area contributed by atoms with Crippen LogP contribution in [0.3, 0.4) is 0 Å². The molecule has 1 N–H and O–H groups in total. The average Bonchev–Trinajstić information content (AvgIpc) is 3.25. The maximum absolute atomic E-state index is 12.0. The quantitative estimate of drug-likeness (QED) is 0.812.